The average Bonchev–Trinajstić information content (AvgIpc) is 2.70. The Morgan fingerprint density at radius 1 is 1.37 bits per heavy atom. The third-order valence-corrected chi connectivity index (χ3v) is 4.09. The van der Waals surface area contributed by atoms with Crippen LogP contribution in [-0.4, -0.2) is 10.8 Å². The van der Waals surface area contributed by atoms with Crippen molar-refractivity contribution in [2.75, 3.05) is 5.32 Å². The first kappa shape index (κ1) is 13.7. The molecule has 1 heterocycles. The molecule has 3 nitrogen and oxygen atoms in total. The normalized spacial score (nSPS) is 10.8. The second kappa shape index (κ2) is 5.53. The lowest BCUT2D eigenvalue weighted by molar-refractivity contribution is 0.102. The van der Waals surface area contributed by atoms with Gasteiger partial charge in [0.05, 0.1) is 10.6 Å². The third-order valence-electron chi connectivity index (χ3n) is 2.92. The Morgan fingerprint density at radius 2 is 2.11 bits per heavy atom. The quantitative estimate of drug-likeness (QED) is 0.833. The SMILES string of the molecule is CC(=O)c1sc(Nc2cccc(C(C)C)c2)nc1C. The molecule has 1 aromatic carbocycles. The molecule has 0 fully saturated rings. The Labute approximate surface area is 117 Å². The molecule has 1 aromatic heterocycles. The molecule has 0 spiro atoms. The van der Waals surface area contributed by atoms with Crippen LogP contribution in [0, 0.1) is 6.92 Å². The van der Waals surface area contributed by atoms with Crippen LogP contribution in [0.5, 0.6) is 0 Å². The lowest BCUT2D eigenvalue weighted by Crippen LogP contribution is -1.92. The summed E-state index contributed by atoms with van der Waals surface area (Å²) >= 11 is 1.40. The zero-order valence-corrected chi connectivity index (χ0v) is 12.5. The highest BCUT2D eigenvalue weighted by molar-refractivity contribution is 7.17. The first-order valence-electron chi connectivity index (χ1n) is 6.32. The van der Waals surface area contributed by atoms with Crippen molar-refractivity contribution in [3.8, 4) is 0 Å². The average molecular weight is 274 g/mol. The highest BCUT2D eigenvalue weighted by Crippen LogP contribution is 2.27. The molecule has 19 heavy (non-hydrogen) atoms. The summed E-state index contributed by atoms with van der Waals surface area (Å²) in [7, 11) is 0. The number of hydrogen-bond donors (Lipinski definition) is 1. The maximum absolute atomic E-state index is 11.4. The van der Waals surface area contributed by atoms with Crippen molar-refractivity contribution in [3.05, 3.63) is 40.4 Å². The fourth-order valence-corrected chi connectivity index (χ4v) is 2.76. The van der Waals surface area contributed by atoms with Crippen LogP contribution < -0.4 is 5.32 Å². The predicted molar refractivity (Wildman–Crippen MR) is 80.7 cm³/mol. The van der Waals surface area contributed by atoms with Gasteiger partial charge in [-0.3, -0.25) is 4.79 Å². The first-order valence-corrected chi connectivity index (χ1v) is 7.14. The van der Waals surface area contributed by atoms with Crippen LogP contribution in [-0.2, 0) is 0 Å². The molecule has 4 heteroatoms. The van der Waals surface area contributed by atoms with E-state index in [1.165, 1.54) is 16.9 Å². The standard InChI is InChI=1S/C15H18N2OS/c1-9(2)12-6-5-7-13(8-12)17-15-16-10(3)14(19-15)11(4)18/h5-9H,1-4H3,(H,16,17). The smallest absolute Gasteiger partial charge is 0.188 e. The first-order chi connectivity index (χ1) is 8.97. The van der Waals surface area contributed by atoms with Crippen molar-refractivity contribution in [3.63, 3.8) is 0 Å². The number of rotatable bonds is 4. The molecular weight excluding hydrogens is 256 g/mol. The number of thiazole rings is 1. The number of nitrogens with zero attached hydrogens (tertiary/aromatic N) is 1. The maximum Gasteiger partial charge on any atom is 0.188 e. The van der Waals surface area contributed by atoms with Crippen molar-refractivity contribution in [2.45, 2.75) is 33.6 Å². The van der Waals surface area contributed by atoms with Gasteiger partial charge in [-0.05, 0) is 30.5 Å². The van der Waals surface area contributed by atoms with E-state index >= 15 is 0 Å². The van der Waals surface area contributed by atoms with E-state index < -0.39 is 0 Å². The van der Waals surface area contributed by atoms with Gasteiger partial charge in [-0.15, -0.1) is 0 Å². The number of aryl methyl sites for hydroxylation is 1. The van der Waals surface area contributed by atoms with Crippen molar-refractivity contribution in [1.82, 2.24) is 4.98 Å². The Morgan fingerprint density at radius 3 is 2.68 bits per heavy atom. The summed E-state index contributed by atoms with van der Waals surface area (Å²) in [5, 5.41) is 4.04. The summed E-state index contributed by atoms with van der Waals surface area (Å²) in [4.78, 5) is 16.5. The number of nitrogens with one attached hydrogen (secondary N) is 1. The van der Waals surface area contributed by atoms with Gasteiger partial charge in [0.1, 0.15) is 0 Å². The molecule has 0 aliphatic rings. The van der Waals surface area contributed by atoms with E-state index in [1.54, 1.807) is 6.92 Å². The van der Waals surface area contributed by atoms with Gasteiger partial charge in [-0.1, -0.05) is 37.3 Å². The van der Waals surface area contributed by atoms with Gasteiger partial charge in [-0.25, -0.2) is 4.98 Å². The summed E-state index contributed by atoms with van der Waals surface area (Å²) in [6.45, 7) is 7.77. The molecule has 0 unspecified atom stereocenters. The number of carbonyl (C=O) groups is 1. The van der Waals surface area contributed by atoms with E-state index in [4.69, 9.17) is 0 Å². The van der Waals surface area contributed by atoms with Gasteiger partial charge in [0.25, 0.3) is 0 Å². The summed E-state index contributed by atoms with van der Waals surface area (Å²) in [6, 6.07) is 8.28. The van der Waals surface area contributed by atoms with Gasteiger partial charge in [0.2, 0.25) is 0 Å². The Hall–Kier alpha value is -1.68. The lowest BCUT2D eigenvalue weighted by Gasteiger charge is -2.08. The second-order valence-corrected chi connectivity index (χ2v) is 5.89. The maximum atomic E-state index is 11.4. The third kappa shape index (κ3) is 3.20. The van der Waals surface area contributed by atoms with Crippen molar-refractivity contribution in [2.24, 2.45) is 0 Å². The lowest BCUT2D eigenvalue weighted by atomic mass is 10.0. The fraction of sp³-hybridized carbons (Fsp3) is 0.333. The molecule has 0 bridgehead atoms. The van der Waals surface area contributed by atoms with Crippen LogP contribution in [0.15, 0.2) is 24.3 Å². The number of anilines is 2. The summed E-state index contributed by atoms with van der Waals surface area (Å²) in [5.74, 6) is 0.562. The zero-order valence-electron chi connectivity index (χ0n) is 11.7. The molecule has 0 aliphatic heterocycles. The highest BCUT2D eigenvalue weighted by atomic mass is 32.1. The van der Waals surface area contributed by atoms with E-state index in [1.807, 2.05) is 19.1 Å². The van der Waals surface area contributed by atoms with Gasteiger partial charge < -0.3 is 5.32 Å². The van der Waals surface area contributed by atoms with Crippen LogP contribution in [0.2, 0.25) is 0 Å². The largest absolute Gasteiger partial charge is 0.332 e. The minimum Gasteiger partial charge on any atom is -0.332 e. The molecule has 0 amide bonds. The number of hydrogen-bond acceptors (Lipinski definition) is 4. The summed E-state index contributed by atoms with van der Waals surface area (Å²) in [5.41, 5.74) is 3.08. The molecule has 1 N–H and O–H groups in total. The van der Waals surface area contributed by atoms with Gasteiger partial charge in [-0.2, -0.15) is 0 Å². The Balaban J connectivity index is 2.24. The molecule has 0 radical (unpaired) electrons. The van der Waals surface area contributed by atoms with Gasteiger partial charge in [0.15, 0.2) is 10.9 Å². The van der Waals surface area contributed by atoms with Crippen LogP contribution in [0.4, 0.5) is 10.8 Å². The highest BCUT2D eigenvalue weighted by Gasteiger charge is 2.11. The molecule has 2 aromatic rings. The van der Waals surface area contributed by atoms with E-state index in [0.29, 0.717) is 5.92 Å². The summed E-state index contributed by atoms with van der Waals surface area (Å²) < 4.78 is 0. The van der Waals surface area contributed by atoms with E-state index in [2.05, 4.69) is 36.3 Å². The molecule has 100 valence electrons. The predicted octanol–water partition coefficient (Wildman–Crippen LogP) is 4.52. The van der Waals surface area contributed by atoms with Gasteiger partial charge >= 0.3 is 0 Å². The molecule has 0 saturated carbocycles. The number of aromatic nitrogens is 1. The molecular formula is C15H18N2OS. The van der Waals surface area contributed by atoms with Crippen LogP contribution in [0.25, 0.3) is 0 Å². The van der Waals surface area contributed by atoms with Crippen molar-refractivity contribution < 1.29 is 4.79 Å². The second-order valence-electron chi connectivity index (χ2n) is 4.89. The zero-order chi connectivity index (χ0) is 14.0. The number of benzene rings is 1. The number of Topliss-reactive ketones (excluding diaryl/α,β-unsaturated/α-hetero) is 1. The van der Waals surface area contributed by atoms with E-state index in [0.717, 1.165) is 21.4 Å². The molecule has 0 atom stereocenters. The van der Waals surface area contributed by atoms with Gasteiger partial charge in [0, 0.05) is 12.6 Å². The molecule has 0 aliphatic carbocycles. The number of carbonyl (C=O) groups excluding carboxylic acids is 1. The Kier molecular flexibility index (Phi) is 4.00. The molecule has 2 rings (SSSR count). The minimum absolute atomic E-state index is 0.0685. The Bertz CT molecular complexity index is 602. The summed E-state index contributed by atoms with van der Waals surface area (Å²) in [6.07, 6.45) is 0. The number of ketones is 1. The van der Waals surface area contributed by atoms with E-state index in [-0.39, 0.29) is 5.78 Å². The van der Waals surface area contributed by atoms with Crippen LogP contribution >= 0.6 is 11.3 Å². The minimum atomic E-state index is 0.0685. The molecule has 0 saturated heterocycles. The van der Waals surface area contributed by atoms with Crippen molar-refractivity contribution in [1.29, 1.82) is 0 Å². The van der Waals surface area contributed by atoms with Crippen LogP contribution in [0.3, 0.4) is 0 Å². The monoisotopic (exact) mass is 274 g/mol. The van der Waals surface area contributed by atoms with Crippen molar-refractivity contribution >= 4 is 27.9 Å². The topological polar surface area (TPSA) is 42.0 Å². The van der Waals surface area contributed by atoms with Crippen LogP contribution in [0.1, 0.15) is 47.6 Å². The van der Waals surface area contributed by atoms with E-state index in [9.17, 15) is 4.79 Å². The fourth-order valence-electron chi connectivity index (χ4n) is 1.88.